The van der Waals surface area contributed by atoms with Gasteiger partial charge in [0.25, 0.3) is 5.82 Å². The molecule has 7 nitrogen and oxygen atoms in total. The molecule has 0 aromatic carbocycles. The van der Waals surface area contributed by atoms with E-state index in [-0.39, 0.29) is 24.2 Å². The van der Waals surface area contributed by atoms with Crippen LogP contribution in [0.2, 0.25) is 0 Å². The maximum Gasteiger partial charge on any atom is 0.252 e. The van der Waals surface area contributed by atoms with Gasteiger partial charge in [-0.3, -0.25) is 4.79 Å². The number of aromatic nitrogens is 3. The lowest BCUT2D eigenvalue weighted by Gasteiger charge is -2.22. The highest BCUT2D eigenvalue weighted by molar-refractivity contribution is 5.77. The summed E-state index contributed by atoms with van der Waals surface area (Å²) >= 11 is 0. The third kappa shape index (κ3) is 2.46. The van der Waals surface area contributed by atoms with Crippen molar-refractivity contribution < 1.29 is 4.79 Å². The first-order chi connectivity index (χ1) is 8.57. The molecule has 1 fully saturated rings. The van der Waals surface area contributed by atoms with Gasteiger partial charge in [-0.2, -0.15) is 10.5 Å². The van der Waals surface area contributed by atoms with E-state index in [2.05, 4.69) is 21.5 Å². The molecule has 1 amide bonds. The third-order valence-electron chi connectivity index (χ3n) is 2.97. The van der Waals surface area contributed by atoms with Crippen molar-refractivity contribution in [2.24, 2.45) is 5.92 Å². The van der Waals surface area contributed by atoms with Gasteiger partial charge in [-0.1, -0.05) is 0 Å². The van der Waals surface area contributed by atoms with Crippen LogP contribution in [0.4, 0.5) is 0 Å². The lowest BCUT2D eigenvalue weighted by Crippen LogP contribution is -2.47. The van der Waals surface area contributed by atoms with Crippen LogP contribution in [-0.2, 0) is 11.3 Å². The van der Waals surface area contributed by atoms with Gasteiger partial charge in [0.05, 0.1) is 6.07 Å². The van der Waals surface area contributed by atoms with Crippen molar-refractivity contribution in [3.8, 4) is 12.1 Å². The third-order valence-corrected chi connectivity index (χ3v) is 2.97. The van der Waals surface area contributed by atoms with Crippen molar-refractivity contribution in [1.29, 1.82) is 10.5 Å². The van der Waals surface area contributed by atoms with Crippen LogP contribution < -0.4 is 5.32 Å². The molecule has 1 N–H and O–H groups in total. The summed E-state index contributed by atoms with van der Waals surface area (Å²) < 4.78 is 1.28. The fraction of sp³-hybridized carbons (Fsp3) is 0.545. The van der Waals surface area contributed by atoms with Crippen LogP contribution >= 0.6 is 0 Å². The summed E-state index contributed by atoms with van der Waals surface area (Å²) in [5.41, 5.74) is -0.810. The predicted octanol–water partition coefficient (Wildman–Crippen LogP) is -0.0417. The Morgan fingerprint density at radius 2 is 2.39 bits per heavy atom. The van der Waals surface area contributed by atoms with Crippen LogP contribution in [0.3, 0.4) is 0 Å². The first kappa shape index (κ1) is 12.1. The molecule has 7 heteroatoms. The summed E-state index contributed by atoms with van der Waals surface area (Å²) in [6.45, 7) is 1.68. The molecule has 1 heterocycles. The van der Waals surface area contributed by atoms with Crippen molar-refractivity contribution >= 4 is 5.91 Å². The Morgan fingerprint density at radius 1 is 1.67 bits per heavy atom. The number of hydrogen-bond donors (Lipinski definition) is 1. The average Bonchev–Trinajstić information content (AvgIpc) is 3.11. The zero-order valence-corrected chi connectivity index (χ0v) is 9.92. The average molecular weight is 244 g/mol. The van der Waals surface area contributed by atoms with E-state index in [9.17, 15) is 4.79 Å². The molecule has 0 radical (unpaired) electrons. The van der Waals surface area contributed by atoms with Gasteiger partial charge in [-0.05, 0) is 25.7 Å². The molecule has 92 valence electrons. The zero-order chi connectivity index (χ0) is 13.2. The van der Waals surface area contributed by atoms with Crippen molar-refractivity contribution in [3.05, 3.63) is 12.2 Å². The number of hydrogen-bond acceptors (Lipinski definition) is 5. The Kier molecular flexibility index (Phi) is 2.99. The van der Waals surface area contributed by atoms with E-state index in [1.54, 1.807) is 13.0 Å². The van der Waals surface area contributed by atoms with E-state index in [0.717, 1.165) is 12.8 Å². The molecule has 0 spiro atoms. The van der Waals surface area contributed by atoms with Gasteiger partial charge < -0.3 is 5.32 Å². The van der Waals surface area contributed by atoms with E-state index < -0.39 is 5.54 Å². The lowest BCUT2D eigenvalue weighted by atomic mass is 9.98. The molecular formula is C11H12N6O. The van der Waals surface area contributed by atoms with Crippen molar-refractivity contribution in [2.45, 2.75) is 31.8 Å². The van der Waals surface area contributed by atoms with Gasteiger partial charge in [0.1, 0.15) is 24.5 Å². The topological polar surface area (TPSA) is 107 Å². The first-order valence-corrected chi connectivity index (χ1v) is 5.59. The second-order valence-corrected chi connectivity index (χ2v) is 4.51. The van der Waals surface area contributed by atoms with Gasteiger partial charge in [0.2, 0.25) is 5.91 Å². The molecule has 1 aromatic heterocycles. The van der Waals surface area contributed by atoms with Crippen LogP contribution in [0.1, 0.15) is 25.6 Å². The molecule has 0 saturated heterocycles. The Labute approximate surface area is 104 Å². The summed E-state index contributed by atoms with van der Waals surface area (Å²) in [7, 11) is 0. The molecule has 1 saturated carbocycles. The summed E-state index contributed by atoms with van der Waals surface area (Å²) in [4.78, 5) is 15.5. The van der Waals surface area contributed by atoms with E-state index in [4.69, 9.17) is 10.5 Å². The van der Waals surface area contributed by atoms with Gasteiger partial charge >= 0.3 is 0 Å². The Bertz CT molecular complexity index is 547. The van der Waals surface area contributed by atoms with Crippen LogP contribution in [0.15, 0.2) is 6.33 Å². The minimum atomic E-state index is -0.810. The Morgan fingerprint density at radius 3 is 2.89 bits per heavy atom. The summed E-state index contributed by atoms with van der Waals surface area (Å²) in [6, 6.07) is 3.93. The fourth-order valence-electron chi connectivity index (χ4n) is 1.78. The number of rotatable bonds is 4. The van der Waals surface area contributed by atoms with Crippen molar-refractivity contribution in [2.75, 3.05) is 0 Å². The van der Waals surface area contributed by atoms with Crippen LogP contribution in [-0.4, -0.2) is 26.2 Å². The highest BCUT2D eigenvalue weighted by Crippen LogP contribution is 2.39. The predicted molar refractivity (Wildman–Crippen MR) is 59.6 cm³/mol. The SMILES string of the molecule is C[C@](C#N)(NC(=O)Cn1cnc(C#N)n1)C1CC1. The van der Waals surface area contributed by atoms with Gasteiger partial charge in [0.15, 0.2) is 0 Å². The lowest BCUT2D eigenvalue weighted by molar-refractivity contribution is -0.123. The van der Waals surface area contributed by atoms with Gasteiger partial charge in [0, 0.05) is 0 Å². The van der Waals surface area contributed by atoms with E-state index in [1.165, 1.54) is 11.0 Å². The quantitative estimate of drug-likeness (QED) is 0.799. The second kappa shape index (κ2) is 4.46. The molecule has 1 aliphatic carbocycles. The maximum absolute atomic E-state index is 11.8. The number of nitriles is 2. The molecule has 0 unspecified atom stereocenters. The van der Waals surface area contributed by atoms with Crippen LogP contribution in [0, 0.1) is 28.6 Å². The minimum Gasteiger partial charge on any atom is -0.336 e. The minimum absolute atomic E-state index is 0.0213. The molecule has 18 heavy (non-hydrogen) atoms. The van der Waals surface area contributed by atoms with Gasteiger partial charge in [-0.15, -0.1) is 5.10 Å². The second-order valence-electron chi connectivity index (χ2n) is 4.51. The standard InChI is InChI=1S/C11H12N6O/c1-11(6-13,8-2-3-8)15-10(18)5-17-7-14-9(4-12)16-17/h7-8H,2-3,5H2,1H3,(H,15,18)/t11-/m1/s1. The number of nitrogens with zero attached hydrogens (tertiary/aromatic N) is 5. The largest absolute Gasteiger partial charge is 0.336 e. The molecule has 0 bridgehead atoms. The summed E-state index contributed by atoms with van der Waals surface area (Å²) in [5.74, 6) is -0.0507. The number of carbonyl (C=O) groups is 1. The fourth-order valence-corrected chi connectivity index (χ4v) is 1.78. The van der Waals surface area contributed by atoms with Crippen molar-refractivity contribution in [3.63, 3.8) is 0 Å². The molecule has 1 aliphatic rings. The molecular weight excluding hydrogens is 232 g/mol. The normalized spacial score (nSPS) is 17.3. The van der Waals surface area contributed by atoms with Crippen molar-refractivity contribution in [1.82, 2.24) is 20.1 Å². The molecule has 1 atom stereocenters. The maximum atomic E-state index is 11.8. The number of nitrogens with one attached hydrogen (secondary N) is 1. The Hall–Kier alpha value is -2.41. The zero-order valence-electron chi connectivity index (χ0n) is 9.92. The Balaban J connectivity index is 1.96. The van der Waals surface area contributed by atoms with E-state index in [1.807, 2.05) is 0 Å². The molecule has 0 aliphatic heterocycles. The summed E-state index contributed by atoms with van der Waals surface area (Å²) in [5, 5.41) is 24.2. The van der Waals surface area contributed by atoms with E-state index >= 15 is 0 Å². The number of carbonyl (C=O) groups excluding carboxylic acids is 1. The number of amides is 1. The summed E-state index contributed by atoms with van der Waals surface area (Å²) in [6.07, 6.45) is 3.25. The van der Waals surface area contributed by atoms with Crippen LogP contribution in [0.25, 0.3) is 0 Å². The molecule has 2 rings (SSSR count). The molecule has 1 aromatic rings. The highest BCUT2D eigenvalue weighted by atomic mass is 16.2. The smallest absolute Gasteiger partial charge is 0.252 e. The monoisotopic (exact) mass is 244 g/mol. The highest BCUT2D eigenvalue weighted by Gasteiger charge is 2.42. The van der Waals surface area contributed by atoms with Crippen LogP contribution in [0.5, 0.6) is 0 Å². The first-order valence-electron chi connectivity index (χ1n) is 5.59. The van der Waals surface area contributed by atoms with E-state index in [0.29, 0.717) is 0 Å². The van der Waals surface area contributed by atoms with Gasteiger partial charge in [-0.25, -0.2) is 9.67 Å².